The first-order valence-electron chi connectivity index (χ1n) is 6.40. The Hall–Kier alpha value is -1.96. The van der Waals surface area contributed by atoms with Crippen LogP contribution in [0, 0.1) is 12.3 Å². The van der Waals surface area contributed by atoms with E-state index in [9.17, 15) is 9.59 Å². The molecule has 0 radical (unpaired) electrons. The van der Waals surface area contributed by atoms with E-state index in [1.54, 1.807) is 26.8 Å². The number of carbonyl (C=O) groups excluding carboxylic acids is 2. The standard InChI is InChI=1S/C15H23NO4/c1-7-9-13(19-11(3)17)10-12(8-2)16-14(18)20-15(4,5)6/h1,8,12-13H,2,9-10H2,3-6H3,(H,16,18)/t12-,13-/m1/s1. The number of terminal acetylenes is 1. The van der Waals surface area contributed by atoms with Gasteiger partial charge in [-0.3, -0.25) is 4.79 Å². The molecule has 0 saturated heterocycles. The van der Waals surface area contributed by atoms with Gasteiger partial charge in [0.05, 0.1) is 6.04 Å². The molecule has 0 aliphatic heterocycles. The lowest BCUT2D eigenvalue weighted by Crippen LogP contribution is -2.40. The van der Waals surface area contributed by atoms with Gasteiger partial charge in [-0.1, -0.05) is 6.08 Å². The summed E-state index contributed by atoms with van der Waals surface area (Å²) >= 11 is 0. The predicted molar refractivity (Wildman–Crippen MR) is 77.0 cm³/mol. The molecular formula is C15H23NO4. The maximum Gasteiger partial charge on any atom is 0.408 e. The zero-order valence-corrected chi connectivity index (χ0v) is 12.6. The highest BCUT2D eigenvalue weighted by molar-refractivity contribution is 5.68. The highest BCUT2D eigenvalue weighted by atomic mass is 16.6. The molecule has 0 unspecified atom stereocenters. The van der Waals surface area contributed by atoms with Crippen molar-refractivity contribution in [3.63, 3.8) is 0 Å². The second kappa shape index (κ2) is 8.26. The van der Waals surface area contributed by atoms with E-state index < -0.39 is 23.8 Å². The van der Waals surface area contributed by atoms with E-state index in [2.05, 4.69) is 17.8 Å². The fourth-order valence-corrected chi connectivity index (χ4v) is 1.50. The normalized spacial score (nSPS) is 13.6. The van der Waals surface area contributed by atoms with Crippen molar-refractivity contribution in [1.29, 1.82) is 0 Å². The van der Waals surface area contributed by atoms with Crippen LogP contribution < -0.4 is 5.32 Å². The summed E-state index contributed by atoms with van der Waals surface area (Å²) in [5, 5.41) is 2.65. The molecule has 0 aliphatic carbocycles. The minimum absolute atomic E-state index is 0.278. The molecule has 0 aromatic heterocycles. The molecule has 112 valence electrons. The van der Waals surface area contributed by atoms with Crippen molar-refractivity contribution in [2.75, 3.05) is 0 Å². The minimum atomic E-state index is -0.579. The Morgan fingerprint density at radius 1 is 1.45 bits per heavy atom. The number of hydrogen-bond acceptors (Lipinski definition) is 4. The number of amides is 1. The van der Waals surface area contributed by atoms with Crippen molar-refractivity contribution < 1.29 is 19.1 Å². The number of hydrogen-bond donors (Lipinski definition) is 1. The van der Waals surface area contributed by atoms with Crippen molar-refractivity contribution in [2.45, 2.75) is 58.3 Å². The lowest BCUT2D eigenvalue weighted by atomic mass is 10.1. The van der Waals surface area contributed by atoms with Gasteiger partial charge in [0.15, 0.2) is 0 Å². The topological polar surface area (TPSA) is 64.6 Å². The first-order chi connectivity index (χ1) is 9.17. The average Bonchev–Trinajstić information content (AvgIpc) is 2.24. The Morgan fingerprint density at radius 3 is 2.45 bits per heavy atom. The van der Waals surface area contributed by atoms with Crippen LogP contribution >= 0.6 is 0 Å². The Labute approximate surface area is 120 Å². The van der Waals surface area contributed by atoms with Gasteiger partial charge in [0.1, 0.15) is 11.7 Å². The third-order valence-electron chi connectivity index (χ3n) is 2.18. The lowest BCUT2D eigenvalue weighted by Gasteiger charge is -2.24. The van der Waals surface area contributed by atoms with Gasteiger partial charge in [-0.25, -0.2) is 4.79 Å². The molecule has 0 aromatic rings. The van der Waals surface area contributed by atoms with Crippen molar-refractivity contribution in [3.05, 3.63) is 12.7 Å². The summed E-state index contributed by atoms with van der Waals surface area (Å²) in [6, 6.07) is -0.387. The van der Waals surface area contributed by atoms with Crippen LogP contribution in [0.15, 0.2) is 12.7 Å². The Balaban J connectivity index is 4.51. The molecule has 2 atom stereocenters. The van der Waals surface area contributed by atoms with Crippen LogP contribution in [0.25, 0.3) is 0 Å². The summed E-state index contributed by atoms with van der Waals surface area (Å²) in [4.78, 5) is 22.6. The van der Waals surface area contributed by atoms with Crippen LogP contribution in [0.1, 0.15) is 40.5 Å². The van der Waals surface area contributed by atoms with Gasteiger partial charge in [-0.15, -0.1) is 18.9 Å². The number of carbonyl (C=O) groups is 2. The van der Waals surface area contributed by atoms with E-state index in [0.717, 1.165) is 0 Å². The third kappa shape index (κ3) is 9.03. The van der Waals surface area contributed by atoms with Gasteiger partial charge in [-0.05, 0) is 20.8 Å². The summed E-state index contributed by atoms with van der Waals surface area (Å²) in [5.41, 5.74) is -0.579. The van der Waals surface area contributed by atoms with Crippen LogP contribution in [0.3, 0.4) is 0 Å². The predicted octanol–water partition coefficient (Wildman–Crippen LogP) is 2.41. The minimum Gasteiger partial charge on any atom is -0.461 e. The van der Waals surface area contributed by atoms with Gasteiger partial charge in [0, 0.05) is 19.8 Å². The van der Waals surface area contributed by atoms with Gasteiger partial charge in [-0.2, -0.15) is 0 Å². The molecule has 0 fully saturated rings. The van der Waals surface area contributed by atoms with Crippen molar-refractivity contribution in [1.82, 2.24) is 5.32 Å². The monoisotopic (exact) mass is 281 g/mol. The maximum absolute atomic E-state index is 11.7. The zero-order chi connectivity index (χ0) is 15.8. The summed E-state index contributed by atoms with van der Waals surface area (Å²) in [6.45, 7) is 10.3. The average molecular weight is 281 g/mol. The Kier molecular flexibility index (Phi) is 7.45. The van der Waals surface area contributed by atoms with Gasteiger partial charge >= 0.3 is 12.1 Å². The van der Waals surface area contributed by atoms with Crippen molar-refractivity contribution >= 4 is 12.1 Å². The van der Waals surface area contributed by atoms with E-state index in [1.807, 2.05) is 0 Å². The highest BCUT2D eigenvalue weighted by Crippen LogP contribution is 2.11. The second-order valence-electron chi connectivity index (χ2n) is 5.36. The summed E-state index contributed by atoms with van der Waals surface area (Å²) in [6.07, 6.45) is 6.40. The molecule has 1 amide bonds. The SMILES string of the molecule is C#CC[C@H](C[C@@H](C=C)NC(=O)OC(C)(C)C)OC(C)=O. The van der Waals surface area contributed by atoms with E-state index in [-0.39, 0.29) is 12.5 Å². The molecule has 0 aromatic carbocycles. The van der Waals surface area contributed by atoms with E-state index >= 15 is 0 Å². The van der Waals surface area contributed by atoms with Crippen LogP contribution in [0.2, 0.25) is 0 Å². The molecule has 5 heteroatoms. The van der Waals surface area contributed by atoms with Gasteiger partial charge in [0.2, 0.25) is 0 Å². The summed E-state index contributed by atoms with van der Waals surface area (Å²) in [7, 11) is 0. The molecule has 0 rings (SSSR count). The largest absolute Gasteiger partial charge is 0.461 e. The molecule has 20 heavy (non-hydrogen) atoms. The number of ether oxygens (including phenoxy) is 2. The number of esters is 1. The van der Waals surface area contributed by atoms with Crippen LogP contribution in [0.4, 0.5) is 4.79 Å². The molecule has 5 nitrogen and oxygen atoms in total. The maximum atomic E-state index is 11.7. The van der Waals surface area contributed by atoms with Crippen molar-refractivity contribution in [3.8, 4) is 12.3 Å². The van der Waals surface area contributed by atoms with Crippen LogP contribution in [-0.4, -0.2) is 29.8 Å². The Morgan fingerprint density at radius 2 is 2.05 bits per heavy atom. The molecular weight excluding hydrogens is 258 g/mol. The molecule has 0 aliphatic rings. The third-order valence-corrected chi connectivity index (χ3v) is 2.18. The number of rotatable bonds is 6. The van der Waals surface area contributed by atoms with E-state index in [0.29, 0.717) is 6.42 Å². The molecule has 0 spiro atoms. The smallest absolute Gasteiger partial charge is 0.408 e. The summed E-state index contributed by atoms with van der Waals surface area (Å²) < 4.78 is 10.2. The first-order valence-corrected chi connectivity index (χ1v) is 6.40. The fourth-order valence-electron chi connectivity index (χ4n) is 1.50. The second-order valence-corrected chi connectivity index (χ2v) is 5.36. The highest BCUT2D eigenvalue weighted by Gasteiger charge is 2.21. The number of alkyl carbamates (subject to hydrolysis) is 1. The molecule has 1 N–H and O–H groups in total. The number of nitrogens with one attached hydrogen (secondary N) is 1. The van der Waals surface area contributed by atoms with Crippen LogP contribution in [-0.2, 0) is 14.3 Å². The quantitative estimate of drug-likeness (QED) is 0.461. The zero-order valence-electron chi connectivity index (χ0n) is 12.6. The molecule has 0 heterocycles. The first kappa shape index (κ1) is 18.0. The Bertz CT molecular complexity index is 390. The van der Waals surface area contributed by atoms with Crippen LogP contribution in [0.5, 0.6) is 0 Å². The van der Waals surface area contributed by atoms with E-state index in [4.69, 9.17) is 15.9 Å². The van der Waals surface area contributed by atoms with Gasteiger partial charge in [0.25, 0.3) is 0 Å². The van der Waals surface area contributed by atoms with E-state index in [1.165, 1.54) is 6.92 Å². The molecule has 0 saturated carbocycles. The lowest BCUT2D eigenvalue weighted by molar-refractivity contribution is -0.146. The fraction of sp³-hybridized carbons (Fsp3) is 0.600. The molecule has 0 bridgehead atoms. The van der Waals surface area contributed by atoms with Crippen molar-refractivity contribution in [2.24, 2.45) is 0 Å². The van der Waals surface area contributed by atoms with Gasteiger partial charge < -0.3 is 14.8 Å². The summed E-state index contributed by atoms with van der Waals surface area (Å²) in [5.74, 6) is 2.03.